The Morgan fingerprint density at radius 2 is 1.73 bits per heavy atom. The summed E-state index contributed by atoms with van der Waals surface area (Å²) in [7, 11) is -3.43. The Bertz CT molecular complexity index is 1340. The normalized spacial score (nSPS) is 17.6. The molecule has 0 radical (unpaired) electrons. The van der Waals surface area contributed by atoms with Gasteiger partial charge in [-0.25, -0.2) is 18.2 Å². The number of hydrogen-bond donors (Lipinski definition) is 1. The second-order valence-electron chi connectivity index (χ2n) is 10.3. The van der Waals surface area contributed by atoms with E-state index in [1.165, 1.54) is 0 Å². The van der Waals surface area contributed by atoms with Crippen molar-refractivity contribution in [1.29, 1.82) is 0 Å². The van der Waals surface area contributed by atoms with Crippen LogP contribution in [0.2, 0.25) is 0 Å². The number of fused-ring (bicyclic) bond motifs is 1. The lowest BCUT2D eigenvalue weighted by atomic mass is 10.0. The summed E-state index contributed by atoms with van der Waals surface area (Å²) in [6.07, 6.45) is 3.38. The van der Waals surface area contributed by atoms with Crippen LogP contribution >= 0.6 is 0 Å². The number of amides is 1. The Labute approximate surface area is 218 Å². The molecule has 0 saturated carbocycles. The number of benzene rings is 1. The van der Waals surface area contributed by atoms with E-state index in [0.29, 0.717) is 43.6 Å². The van der Waals surface area contributed by atoms with Gasteiger partial charge in [0, 0.05) is 63.1 Å². The van der Waals surface area contributed by atoms with Gasteiger partial charge in [0.05, 0.1) is 11.5 Å². The molecule has 2 aliphatic rings. The molecule has 0 bridgehead atoms. The zero-order valence-electron chi connectivity index (χ0n) is 21.5. The summed E-state index contributed by atoms with van der Waals surface area (Å²) in [6.45, 7) is 9.27. The Hall–Kier alpha value is -2.95. The highest BCUT2D eigenvalue weighted by molar-refractivity contribution is 7.89. The van der Waals surface area contributed by atoms with Crippen molar-refractivity contribution in [2.45, 2.75) is 38.1 Å². The molecule has 2 saturated heterocycles. The number of carbonyl (C=O) groups is 1. The predicted octanol–water partition coefficient (Wildman–Crippen LogP) is 3.92. The van der Waals surface area contributed by atoms with Crippen LogP contribution in [0.25, 0.3) is 22.2 Å². The molecule has 2 fully saturated rings. The molecule has 0 spiro atoms. The molecular weight excluding hydrogens is 490 g/mol. The van der Waals surface area contributed by atoms with Gasteiger partial charge in [-0.05, 0) is 54.2 Å². The minimum absolute atomic E-state index is 0.230. The lowest BCUT2D eigenvalue weighted by molar-refractivity contribution is 0.0674. The van der Waals surface area contributed by atoms with Crippen molar-refractivity contribution in [1.82, 2.24) is 24.1 Å². The zero-order valence-corrected chi connectivity index (χ0v) is 22.3. The number of pyridine rings is 1. The van der Waals surface area contributed by atoms with Crippen LogP contribution in [0.4, 0.5) is 4.79 Å². The van der Waals surface area contributed by atoms with Crippen LogP contribution in [0, 0.1) is 5.92 Å². The molecule has 1 aromatic carbocycles. The second kappa shape index (κ2) is 10.8. The number of sulfonamides is 1. The largest absolute Gasteiger partial charge is 0.449 e. The Morgan fingerprint density at radius 3 is 2.41 bits per heavy atom. The topological polar surface area (TPSA) is 98.8 Å². The van der Waals surface area contributed by atoms with E-state index in [1.54, 1.807) is 27.5 Å². The molecule has 1 amide bonds. The van der Waals surface area contributed by atoms with Gasteiger partial charge in [-0.1, -0.05) is 26.0 Å². The molecule has 0 unspecified atom stereocenters. The molecule has 198 valence electrons. The number of hydrogen-bond acceptors (Lipinski definition) is 6. The number of rotatable bonds is 7. The Morgan fingerprint density at radius 1 is 1.03 bits per heavy atom. The summed E-state index contributed by atoms with van der Waals surface area (Å²) in [5.74, 6) is 0.326. The highest BCUT2D eigenvalue weighted by atomic mass is 32.2. The number of aromatic nitrogens is 2. The van der Waals surface area contributed by atoms with Gasteiger partial charge in [-0.3, -0.25) is 4.90 Å². The van der Waals surface area contributed by atoms with Crippen molar-refractivity contribution >= 4 is 27.1 Å². The fourth-order valence-corrected chi connectivity index (χ4v) is 6.48. The maximum absolute atomic E-state index is 12.9. The number of piperazine rings is 1. The van der Waals surface area contributed by atoms with Crippen LogP contribution in [0.15, 0.2) is 47.5 Å². The van der Waals surface area contributed by atoms with Crippen molar-refractivity contribution < 1.29 is 17.9 Å². The summed E-state index contributed by atoms with van der Waals surface area (Å²) in [5.41, 5.74) is 3.82. The van der Waals surface area contributed by atoms with Gasteiger partial charge >= 0.3 is 6.09 Å². The molecule has 2 aromatic heterocycles. The van der Waals surface area contributed by atoms with Crippen LogP contribution in [0.1, 0.15) is 32.4 Å². The standard InChI is InChI=1S/C27H35N5O4S/c1-20(2)19-36-27(33)31-15-13-30(14-16-31)18-22-17-25-24(9-10-28-26(25)29-22)21-5-7-23(8-6-21)37(34,35)32-11-3-4-12-32/h5-10,17,20H,3-4,11-16,18-19H2,1-2H3,(H,28,29). The summed E-state index contributed by atoms with van der Waals surface area (Å²) in [6, 6.07) is 11.2. The van der Waals surface area contributed by atoms with Gasteiger partial charge in [0.1, 0.15) is 5.65 Å². The molecule has 1 N–H and O–H groups in total. The maximum Gasteiger partial charge on any atom is 0.409 e. The maximum atomic E-state index is 12.9. The van der Waals surface area contributed by atoms with Crippen LogP contribution in [0.5, 0.6) is 0 Å². The first-order chi connectivity index (χ1) is 17.8. The van der Waals surface area contributed by atoms with Crippen molar-refractivity contribution in [2.75, 3.05) is 45.9 Å². The molecule has 0 atom stereocenters. The molecule has 0 aliphatic carbocycles. The van der Waals surface area contributed by atoms with Crippen molar-refractivity contribution in [3.05, 3.63) is 48.3 Å². The van der Waals surface area contributed by atoms with E-state index < -0.39 is 10.0 Å². The quantitative estimate of drug-likeness (QED) is 0.502. The lowest BCUT2D eigenvalue weighted by Gasteiger charge is -2.33. The first-order valence-corrected chi connectivity index (χ1v) is 14.5. The smallest absolute Gasteiger partial charge is 0.409 e. The van der Waals surface area contributed by atoms with E-state index in [2.05, 4.69) is 20.9 Å². The lowest BCUT2D eigenvalue weighted by Crippen LogP contribution is -2.48. The first kappa shape index (κ1) is 25.7. The van der Waals surface area contributed by atoms with E-state index in [9.17, 15) is 13.2 Å². The molecular formula is C27H35N5O4S. The predicted molar refractivity (Wildman–Crippen MR) is 143 cm³/mol. The number of nitrogens with one attached hydrogen (secondary N) is 1. The van der Waals surface area contributed by atoms with Crippen LogP contribution in [-0.4, -0.2) is 84.5 Å². The average molecular weight is 526 g/mol. The molecule has 3 aromatic rings. The summed E-state index contributed by atoms with van der Waals surface area (Å²) in [4.78, 5) is 24.6. The van der Waals surface area contributed by atoms with E-state index >= 15 is 0 Å². The van der Waals surface area contributed by atoms with Crippen LogP contribution in [0.3, 0.4) is 0 Å². The molecule has 4 heterocycles. The Kier molecular flexibility index (Phi) is 7.50. The fourth-order valence-electron chi connectivity index (χ4n) is 4.96. The third-order valence-electron chi connectivity index (χ3n) is 7.02. The number of H-pyrrole nitrogens is 1. The summed E-state index contributed by atoms with van der Waals surface area (Å²) >= 11 is 0. The summed E-state index contributed by atoms with van der Waals surface area (Å²) in [5, 5.41) is 1.00. The third-order valence-corrected chi connectivity index (χ3v) is 8.93. The average Bonchev–Trinajstić information content (AvgIpc) is 3.58. The first-order valence-electron chi connectivity index (χ1n) is 13.0. The van der Waals surface area contributed by atoms with Gasteiger partial charge in [0.25, 0.3) is 0 Å². The van der Waals surface area contributed by atoms with E-state index in [4.69, 9.17) is 4.74 Å². The van der Waals surface area contributed by atoms with E-state index in [-0.39, 0.29) is 6.09 Å². The van der Waals surface area contributed by atoms with Crippen molar-refractivity contribution in [3.63, 3.8) is 0 Å². The van der Waals surface area contributed by atoms with Crippen LogP contribution < -0.4 is 0 Å². The molecule has 2 aliphatic heterocycles. The highest BCUT2D eigenvalue weighted by Crippen LogP contribution is 2.30. The van der Waals surface area contributed by atoms with E-state index in [1.807, 2.05) is 32.0 Å². The molecule has 37 heavy (non-hydrogen) atoms. The van der Waals surface area contributed by atoms with Crippen molar-refractivity contribution in [3.8, 4) is 11.1 Å². The molecule has 5 rings (SSSR count). The molecule has 9 nitrogen and oxygen atoms in total. The van der Waals surface area contributed by atoms with Gasteiger partial charge in [-0.15, -0.1) is 0 Å². The minimum Gasteiger partial charge on any atom is -0.449 e. The third kappa shape index (κ3) is 5.66. The van der Waals surface area contributed by atoms with Gasteiger partial charge in [-0.2, -0.15) is 4.31 Å². The SMILES string of the molecule is CC(C)COC(=O)N1CCN(Cc2cc3c(-c4ccc(S(=O)(=O)N5CCCC5)cc4)ccnc3[nH]2)CC1. The number of nitrogens with zero attached hydrogens (tertiary/aromatic N) is 4. The second-order valence-corrected chi connectivity index (χ2v) is 12.2. The van der Waals surface area contributed by atoms with Crippen molar-refractivity contribution in [2.24, 2.45) is 5.92 Å². The monoisotopic (exact) mass is 525 g/mol. The van der Waals surface area contributed by atoms with E-state index in [0.717, 1.165) is 60.3 Å². The van der Waals surface area contributed by atoms with Gasteiger partial charge in [0.15, 0.2) is 0 Å². The number of aromatic amines is 1. The Balaban J connectivity index is 1.26. The minimum atomic E-state index is -3.43. The summed E-state index contributed by atoms with van der Waals surface area (Å²) < 4.78 is 32.7. The number of carbonyl (C=O) groups excluding carboxylic acids is 1. The molecule has 10 heteroatoms. The van der Waals surface area contributed by atoms with Crippen LogP contribution in [-0.2, 0) is 21.3 Å². The highest BCUT2D eigenvalue weighted by Gasteiger charge is 2.27. The van der Waals surface area contributed by atoms with Gasteiger partial charge in [0.2, 0.25) is 10.0 Å². The van der Waals surface area contributed by atoms with Gasteiger partial charge < -0.3 is 14.6 Å². The fraction of sp³-hybridized carbons (Fsp3) is 0.481. The number of ether oxygens (including phenoxy) is 1. The zero-order chi connectivity index (χ0) is 26.0.